The van der Waals surface area contributed by atoms with Crippen LogP contribution in [-0.4, -0.2) is 63.4 Å². The Hall–Kier alpha value is -0.200. The molecule has 0 amide bonds. The summed E-state index contributed by atoms with van der Waals surface area (Å²) in [4.78, 5) is 0. The molecule has 0 radical (unpaired) electrons. The highest BCUT2D eigenvalue weighted by Crippen LogP contribution is 1.91. The Kier molecular flexibility index (Phi) is 12.7. The first kappa shape index (κ1) is 18.8. The van der Waals surface area contributed by atoms with Crippen LogP contribution in [0, 0.1) is 5.92 Å². The Labute approximate surface area is 117 Å². The minimum atomic E-state index is -0.482. The van der Waals surface area contributed by atoms with E-state index in [1.54, 1.807) is 0 Å². The van der Waals surface area contributed by atoms with E-state index in [2.05, 4.69) is 19.2 Å². The highest BCUT2D eigenvalue weighted by molar-refractivity contribution is 4.58. The molecule has 0 fully saturated rings. The van der Waals surface area contributed by atoms with E-state index in [0.29, 0.717) is 38.9 Å². The summed E-state index contributed by atoms with van der Waals surface area (Å²) in [6.07, 6.45) is -0.259. The van der Waals surface area contributed by atoms with Crippen LogP contribution in [0.3, 0.4) is 0 Å². The first-order chi connectivity index (χ1) is 9.02. The fourth-order valence-electron chi connectivity index (χ4n) is 1.35. The van der Waals surface area contributed by atoms with Gasteiger partial charge >= 0.3 is 0 Å². The van der Waals surface area contributed by atoms with Gasteiger partial charge in [0, 0.05) is 19.7 Å². The molecule has 0 aromatic rings. The molecule has 0 aliphatic rings. The highest BCUT2D eigenvalue weighted by Gasteiger charge is 2.03. The van der Waals surface area contributed by atoms with Gasteiger partial charge in [-0.25, -0.2) is 0 Å². The SMILES string of the molecule is CC(C)COCCNCC(O)COCCOC(C)C. The van der Waals surface area contributed by atoms with Crippen molar-refractivity contribution in [2.75, 3.05) is 46.1 Å². The van der Waals surface area contributed by atoms with Crippen LogP contribution < -0.4 is 5.32 Å². The van der Waals surface area contributed by atoms with Crippen LogP contribution in [0.2, 0.25) is 0 Å². The molecule has 19 heavy (non-hydrogen) atoms. The Balaban J connectivity index is 3.19. The summed E-state index contributed by atoms with van der Waals surface area (Å²) in [5.74, 6) is 0.562. The van der Waals surface area contributed by atoms with Crippen LogP contribution >= 0.6 is 0 Å². The second kappa shape index (κ2) is 12.8. The molecule has 0 saturated carbocycles. The molecule has 0 aliphatic heterocycles. The summed E-state index contributed by atoms with van der Waals surface area (Å²) in [5, 5.41) is 12.8. The zero-order valence-electron chi connectivity index (χ0n) is 12.9. The Bertz CT molecular complexity index is 188. The molecule has 116 valence electrons. The van der Waals surface area contributed by atoms with Crippen molar-refractivity contribution in [2.45, 2.75) is 39.9 Å². The summed E-state index contributed by atoms with van der Waals surface area (Å²) in [6, 6.07) is 0. The van der Waals surface area contributed by atoms with E-state index in [-0.39, 0.29) is 6.10 Å². The second-order valence-electron chi connectivity index (χ2n) is 5.32. The number of nitrogens with one attached hydrogen (secondary N) is 1. The van der Waals surface area contributed by atoms with Gasteiger partial charge in [0.05, 0.1) is 38.6 Å². The largest absolute Gasteiger partial charge is 0.389 e. The Morgan fingerprint density at radius 2 is 1.63 bits per heavy atom. The van der Waals surface area contributed by atoms with Crippen LogP contribution in [0.15, 0.2) is 0 Å². The molecule has 0 saturated heterocycles. The predicted molar refractivity (Wildman–Crippen MR) is 76.4 cm³/mol. The van der Waals surface area contributed by atoms with Crippen LogP contribution in [0.5, 0.6) is 0 Å². The minimum absolute atomic E-state index is 0.223. The highest BCUT2D eigenvalue weighted by atomic mass is 16.5. The third-order valence-corrected chi connectivity index (χ3v) is 2.24. The van der Waals surface area contributed by atoms with Crippen molar-refractivity contribution in [1.29, 1.82) is 0 Å². The molecule has 0 aliphatic carbocycles. The maximum atomic E-state index is 9.63. The third-order valence-electron chi connectivity index (χ3n) is 2.24. The molecule has 0 rings (SSSR count). The van der Waals surface area contributed by atoms with Gasteiger partial charge < -0.3 is 24.6 Å². The molecule has 0 heterocycles. The second-order valence-corrected chi connectivity index (χ2v) is 5.32. The molecular weight excluding hydrogens is 246 g/mol. The van der Waals surface area contributed by atoms with Gasteiger partial charge in [0.2, 0.25) is 0 Å². The van der Waals surface area contributed by atoms with Crippen LogP contribution in [0.4, 0.5) is 0 Å². The lowest BCUT2D eigenvalue weighted by Crippen LogP contribution is -2.33. The Morgan fingerprint density at radius 3 is 2.26 bits per heavy atom. The van der Waals surface area contributed by atoms with E-state index in [1.165, 1.54) is 0 Å². The fraction of sp³-hybridized carbons (Fsp3) is 1.00. The van der Waals surface area contributed by atoms with Gasteiger partial charge in [-0.3, -0.25) is 0 Å². The molecule has 5 heteroatoms. The molecule has 0 spiro atoms. The summed E-state index contributed by atoms with van der Waals surface area (Å²) in [7, 11) is 0. The van der Waals surface area contributed by atoms with Crippen molar-refractivity contribution < 1.29 is 19.3 Å². The normalized spacial score (nSPS) is 13.4. The van der Waals surface area contributed by atoms with Crippen molar-refractivity contribution in [3.05, 3.63) is 0 Å². The number of hydrogen-bond donors (Lipinski definition) is 2. The fourth-order valence-corrected chi connectivity index (χ4v) is 1.35. The predicted octanol–water partition coefficient (Wildman–Crippen LogP) is 1.05. The molecule has 1 atom stereocenters. The standard InChI is InChI=1S/C14H31NO4/c1-12(2)10-17-6-5-15-9-14(16)11-18-7-8-19-13(3)4/h12-16H,5-11H2,1-4H3. The monoisotopic (exact) mass is 277 g/mol. The van der Waals surface area contributed by atoms with Gasteiger partial charge in [-0.05, 0) is 19.8 Å². The molecule has 1 unspecified atom stereocenters. The minimum Gasteiger partial charge on any atom is -0.389 e. The number of rotatable bonds is 13. The van der Waals surface area contributed by atoms with E-state index in [1.807, 2.05) is 13.8 Å². The molecule has 2 N–H and O–H groups in total. The zero-order valence-corrected chi connectivity index (χ0v) is 12.9. The number of ether oxygens (including phenoxy) is 3. The van der Waals surface area contributed by atoms with Gasteiger partial charge in [-0.15, -0.1) is 0 Å². The van der Waals surface area contributed by atoms with Crippen LogP contribution in [0.25, 0.3) is 0 Å². The van der Waals surface area contributed by atoms with Gasteiger partial charge in [0.15, 0.2) is 0 Å². The van der Waals surface area contributed by atoms with Crippen molar-refractivity contribution in [3.8, 4) is 0 Å². The average Bonchev–Trinajstić information content (AvgIpc) is 2.32. The first-order valence-electron chi connectivity index (χ1n) is 7.18. The molecule has 0 aromatic heterocycles. The molecular formula is C14H31NO4. The summed E-state index contributed by atoms with van der Waals surface area (Å²) in [5.41, 5.74) is 0. The van der Waals surface area contributed by atoms with Crippen LogP contribution in [-0.2, 0) is 14.2 Å². The number of aliphatic hydroxyl groups excluding tert-OH is 1. The number of aliphatic hydroxyl groups is 1. The van der Waals surface area contributed by atoms with Gasteiger partial charge in [0.1, 0.15) is 0 Å². The van der Waals surface area contributed by atoms with Crippen molar-refractivity contribution in [3.63, 3.8) is 0 Å². The van der Waals surface area contributed by atoms with Crippen molar-refractivity contribution in [2.24, 2.45) is 5.92 Å². The van der Waals surface area contributed by atoms with Gasteiger partial charge in [0.25, 0.3) is 0 Å². The van der Waals surface area contributed by atoms with Gasteiger partial charge in [-0.2, -0.15) is 0 Å². The first-order valence-corrected chi connectivity index (χ1v) is 7.18. The Morgan fingerprint density at radius 1 is 0.947 bits per heavy atom. The van der Waals surface area contributed by atoms with Gasteiger partial charge in [-0.1, -0.05) is 13.8 Å². The summed E-state index contributed by atoms with van der Waals surface area (Å²) in [6.45, 7) is 12.4. The smallest absolute Gasteiger partial charge is 0.0897 e. The summed E-state index contributed by atoms with van der Waals surface area (Å²) < 4.78 is 16.1. The van der Waals surface area contributed by atoms with E-state index < -0.39 is 6.10 Å². The lowest BCUT2D eigenvalue weighted by atomic mass is 10.2. The quantitative estimate of drug-likeness (QED) is 0.493. The van der Waals surface area contributed by atoms with E-state index >= 15 is 0 Å². The van der Waals surface area contributed by atoms with E-state index in [4.69, 9.17) is 14.2 Å². The maximum Gasteiger partial charge on any atom is 0.0897 e. The lowest BCUT2D eigenvalue weighted by Gasteiger charge is -2.13. The third kappa shape index (κ3) is 15.7. The molecule has 5 nitrogen and oxygen atoms in total. The topological polar surface area (TPSA) is 60.0 Å². The molecule has 0 bridgehead atoms. The molecule has 0 aromatic carbocycles. The van der Waals surface area contributed by atoms with E-state index in [0.717, 1.165) is 13.2 Å². The average molecular weight is 277 g/mol. The van der Waals surface area contributed by atoms with Crippen molar-refractivity contribution in [1.82, 2.24) is 5.32 Å². The maximum absolute atomic E-state index is 9.63. The van der Waals surface area contributed by atoms with Crippen LogP contribution in [0.1, 0.15) is 27.7 Å². The lowest BCUT2D eigenvalue weighted by molar-refractivity contribution is -0.0103. The summed E-state index contributed by atoms with van der Waals surface area (Å²) >= 11 is 0. The zero-order chi connectivity index (χ0) is 14.5. The van der Waals surface area contributed by atoms with E-state index in [9.17, 15) is 5.11 Å². The van der Waals surface area contributed by atoms with Crippen molar-refractivity contribution >= 4 is 0 Å². The number of hydrogen-bond acceptors (Lipinski definition) is 5.